The van der Waals surface area contributed by atoms with Gasteiger partial charge in [-0.1, -0.05) is 24.6 Å². The van der Waals surface area contributed by atoms with Crippen molar-refractivity contribution in [1.29, 1.82) is 0 Å². The molecule has 0 radical (unpaired) electrons. The molecule has 0 spiro atoms. The number of nitrogens with one attached hydrogen (secondary N) is 1. The molecule has 2 rings (SSSR count). The first-order valence-electron chi connectivity index (χ1n) is 6.79. The molecule has 0 bridgehead atoms. The lowest BCUT2D eigenvalue weighted by Crippen LogP contribution is -2.42. The third-order valence-electron chi connectivity index (χ3n) is 3.80. The molecule has 0 amide bonds. The number of aliphatic hydroxyl groups is 1. The Labute approximate surface area is 110 Å². The maximum atomic E-state index is 9.82. The topological polar surface area (TPSA) is 35.5 Å². The monoisotopic (exact) mass is 248 g/mol. The summed E-state index contributed by atoms with van der Waals surface area (Å²) in [7, 11) is 1.98. The van der Waals surface area contributed by atoms with Crippen LogP contribution >= 0.6 is 0 Å². The van der Waals surface area contributed by atoms with Crippen LogP contribution in [0.4, 0.5) is 5.69 Å². The van der Waals surface area contributed by atoms with Gasteiger partial charge in [-0.15, -0.1) is 0 Å². The van der Waals surface area contributed by atoms with Crippen molar-refractivity contribution in [2.24, 2.45) is 5.92 Å². The molecule has 2 N–H and O–H groups in total. The van der Waals surface area contributed by atoms with E-state index in [2.05, 4.69) is 42.3 Å². The van der Waals surface area contributed by atoms with Gasteiger partial charge < -0.3 is 15.3 Å². The molecule has 1 aromatic rings. The summed E-state index contributed by atoms with van der Waals surface area (Å²) in [5, 5.41) is 13.1. The largest absolute Gasteiger partial charge is 0.393 e. The molecule has 3 heteroatoms. The van der Waals surface area contributed by atoms with E-state index in [9.17, 15) is 5.11 Å². The first kappa shape index (κ1) is 13.4. The molecule has 3 nitrogen and oxygen atoms in total. The van der Waals surface area contributed by atoms with Crippen LogP contribution in [-0.4, -0.2) is 31.3 Å². The maximum absolute atomic E-state index is 9.82. The lowest BCUT2D eigenvalue weighted by atomic mass is 9.95. The minimum atomic E-state index is -0.139. The number of rotatable bonds is 3. The molecule has 2 unspecified atom stereocenters. The Balaban J connectivity index is 2.22. The van der Waals surface area contributed by atoms with Gasteiger partial charge in [-0.3, -0.25) is 0 Å². The average Bonchev–Trinajstić information content (AvgIpc) is 2.34. The number of anilines is 1. The molecule has 1 aliphatic heterocycles. The van der Waals surface area contributed by atoms with Gasteiger partial charge in [-0.25, -0.2) is 0 Å². The summed E-state index contributed by atoms with van der Waals surface area (Å²) in [5.74, 6) is 0.350. The van der Waals surface area contributed by atoms with Crippen LogP contribution in [-0.2, 0) is 6.54 Å². The number of nitrogens with zero attached hydrogens (tertiary/aromatic N) is 1. The molecule has 1 aliphatic rings. The fourth-order valence-electron chi connectivity index (χ4n) is 2.71. The highest BCUT2D eigenvalue weighted by Gasteiger charge is 2.25. The minimum Gasteiger partial charge on any atom is -0.393 e. The van der Waals surface area contributed by atoms with Crippen LogP contribution in [0.15, 0.2) is 18.2 Å². The Morgan fingerprint density at radius 2 is 2.22 bits per heavy atom. The Kier molecular flexibility index (Phi) is 4.25. The van der Waals surface area contributed by atoms with Gasteiger partial charge in [0.05, 0.1) is 6.10 Å². The summed E-state index contributed by atoms with van der Waals surface area (Å²) in [6.07, 6.45) is 0.730. The van der Waals surface area contributed by atoms with Gasteiger partial charge in [0.2, 0.25) is 0 Å². The third kappa shape index (κ3) is 2.85. The molecule has 0 saturated carbocycles. The van der Waals surface area contributed by atoms with E-state index in [1.165, 1.54) is 16.8 Å². The molecular weight excluding hydrogens is 224 g/mol. The van der Waals surface area contributed by atoms with Gasteiger partial charge in [0.25, 0.3) is 0 Å². The summed E-state index contributed by atoms with van der Waals surface area (Å²) in [4.78, 5) is 2.41. The predicted octanol–water partition coefficient (Wildman–Crippen LogP) is 1.92. The highest BCUT2D eigenvalue weighted by atomic mass is 16.3. The molecule has 1 aromatic carbocycles. The molecule has 0 aliphatic carbocycles. The first-order valence-corrected chi connectivity index (χ1v) is 6.79. The number of aliphatic hydroxyl groups excluding tert-OH is 1. The maximum Gasteiger partial charge on any atom is 0.0599 e. The number of hydrogen-bond donors (Lipinski definition) is 2. The second-order valence-corrected chi connectivity index (χ2v) is 5.44. The summed E-state index contributed by atoms with van der Waals surface area (Å²) >= 11 is 0. The van der Waals surface area contributed by atoms with E-state index in [-0.39, 0.29) is 6.10 Å². The minimum absolute atomic E-state index is 0.139. The molecule has 18 heavy (non-hydrogen) atoms. The Bertz CT molecular complexity index is 405. The Morgan fingerprint density at radius 1 is 1.44 bits per heavy atom. The normalized spacial score (nSPS) is 24.3. The van der Waals surface area contributed by atoms with E-state index < -0.39 is 0 Å². The zero-order chi connectivity index (χ0) is 13.1. The van der Waals surface area contributed by atoms with Gasteiger partial charge >= 0.3 is 0 Å². The van der Waals surface area contributed by atoms with Crippen LogP contribution in [0.5, 0.6) is 0 Å². The summed E-state index contributed by atoms with van der Waals surface area (Å²) in [6.45, 7) is 7.05. The fraction of sp³-hybridized carbons (Fsp3) is 0.600. The Morgan fingerprint density at radius 3 is 2.89 bits per heavy atom. The molecule has 2 atom stereocenters. The number of aryl methyl sites for hydroxylation is 1. The van der Waals surface area contributed by atoms with Crippen molar-refractivity contribution in [2.45, 2.75) is 32.9 Å². The fourth-order valence-corrected chi connectivity index (χ4v) is 2.71. The first-order chi connectivity index (χ1) is 8.61. The van der Waals surface area contributed by atoms with E-state index >= 15 is 0 Å². The summed E-state index contributed by atoms with van der Waals surface area (Å²) in [5.41, 5.74) is 3.96. The third-order valence-corrected chi connectivity index (χ3v) is 3.80. The second-order valence-electron chi connectivity index (χ2n) is 5.44. The zero-order valence-electron chi connectivity index (χ0n) is 11.6. The van der Waals surface area contributed by atoms with Gasteiger partial charge in [-0.05, 0) is 37.9 Å². The Hall–Kier alpha value is -1.06. The standard InChI is InChI=1S/C15H24N2O/c1-11-4-5-14(13(8-11)9-16-3)17-7-6-15(18)12(2)10-17/h4-5,8,12,15-16,18H,6-7,9-10H2,1-3H3. The van der Waals surface area contributed by atoms with E-state index in [4.69, 9.17) is 0 Å². The molecule has 100 valence electrons. The van der Waals surface area contributed by atoms with E-state index in [0.717, 1.165) is 26.1 Å². The lowest BCUT2D eigenvalue weighted by Gasteiger charge is -2.37. The van der Waals surface area contributed by atoms with Crippen molar-refractivity contribution >= 4 is 5.69 Å². The lowest BCUT2D eigenvalue weighted by molar-refractivity contribution is 0.0970. The molecular formula is C15H24N2O. The van der Waals surface area contributed by atoms with Crippen molar-refractivity contribution in [1.82, 2.24) is 5.32 Å². The van der Waals surface area contributed by atoms with Crippen LogP contribution in [0, 0.1) is 12.8 Å². The molecule has 1 fully saturated rings. The van der Waals surface area contributed by atoms with Gasteiger partial charge in [0.15, 0.2) is 0 Å². The molecule has 1 heterocycles. The van der Waals surface area contributed by atoms with Crippen molar-refractivity contribution < 1.29 is 5.11 Å². The zero-order valence-corrected chi connectivity index (χ0v) is 11.6. The molecule has 0 aromatic heterocycles. The van der Waals surface area contributed by atoms with Gasteiger partial charge in [0, 0.05) is 25.3 Å². The quantitative estimate of drug-likeness (QED) is 0.858. The number of benzene rings is 1. The highest BCUT2D eigenvalue weighted by molar-refractivity contribution is 5.55. The second kappa shape index (κ2) is 5.72. The van der Waals surface area contributed by atoms with Crippen molar-refractivity contribution in [3.63, 3.8) is 0 Å². The van der Waals surface area contributed by atoms with Crippen LogP contribution in [0.25, 0.3) is 0 Å². The number of piperidine rings is 1. The van der Waals surface area contributed by atoms with Crippen LogP contribution in [0.2, 0.25) is 0 Å². The molecule has 1 saturated heterocycles. The summed E-state index contributed by atoms with van der Waals surface area (Å²) in [6, 6.07) is 6.64. The van der Waals surface area contributed by atoms with Crippen molar-refractivity contribution in [3.8, 4) is 0 Å². The van der Waals surface area contributed by atoms with E-state index in [1.54, 1.807) is 0 Å². The highest BCUT2D eigenvalue weighted by Crippen LogP contribution is 2.27. The van der Waals surface area contributed by atoms with Crippen molar-refractivity contribution in [3.05, 3.63) is 29.3 Å². The van der Waals surface area contributed by atoms with E-state index in [0.29, 0.717) is 5.92 Å². The predicted molar refractivity (Wildman–Crippen MR) is 75.9 cm³/mol. The average molecular weight is 248 g/mol. The van der Waals surface area contributed by atoms with E-state index in [1.807, 2.05) is 7.05 Å². The SMILES string of the molecule is CNCc1cc(C)ccc1N1CCC(O)C(C)C1. The smallest absolute Gasteiger partial charge is 0.0599 e. The van der Waals surface area contributed by atoms with Crippen LogP contribution < -0.4 is 10.2 Å². The van der Waals surface area contributed by atoms with Crippen LogP contribution in [0.1, 0.15) is 24.5 Å². The van der Waals surface area contributed by atoms with Crippen LogP contribution in [0.3, 0.4) is 0 Å². The number of hydrogen-bond acceptors (Lipinski definition) is 3. The summed E-state index contributed by atoms with van der Waals surface area (Å²) < 4.78 is 0. The van der Waals surface area contributed by atoms with Crippen molar-refractivity contribution in [2.75, 3.05) is 25.0 Å². The van der Waals surface area contributed by atoms with Gasteiger partial charge in [0.1, 0.15) is 0 Å². The van der Waals surface area contributed by atoms with Gasteiger partial charge in [-0.2, -0.15) is 0 Å².